The molecule has 5 heteroatoms. The Bertz CT molecular complexity index is 530. The number of urea groups is 1. The average molecular weight is 303 g/mol. The number of piperidine rings is 1. The van der Waals surface area contributed by atoms with E-state index in [1.54, 1.807) is 7.05 Å². The SMILES string of the molecule is CCCNC(=O)c1cccc([C@@H]2CCCN(C(=O)NC)C2)c1. The molecule has 0 bridgehead atoms. The monoisotopic (exact) mass is 303 g/mol. The van der Waals surface area contributed by atoms with Gasteiger partial charge in [-0.1, -0.05) is 19.1 Å². The van der Waals surface area contributed by atoms with E-state index < -0.39 is 0 Å². The van der Waals surface area contributed by atoms with Gasteiger partial charge in [0.15, 0.2) is 0 Å². The Morgan fingerprint density at radius 1 is 1.36 bits per heavy atom. The standard InChI is InChI=1S/C17H25N3O2/c1-3-9-19-16(21)14-7-4-6-13(11-14)15-8-5-10-20(12-15)17(22)18-2/h4,6-7,11,15H,3,5,8-10,12H2,1-2H3,(H,18,22)(H,19,21)/t15-/m1/s1. The lowest BCUT2D eigenvalue weighted by Crippen LogP contribution is -2.43. The highest BCUT2D eigenvalue weighted by atomic mass is 16.2. The van der Waals surface area contributed by atoms with Crippen LogP contribution in [-0.4, -0.2) is 43.5 Å². The number of likely N-dealkylation sites (tertiary alicyclic amines) is 1. The first kappa shape index (κ1) is 16.3. The molecule has 1 aliphatic rings. The summed E-state index contributed by atoms with van der Waals surface area (Å²) in [7, 11) is 1.66. The fraction of sp³-hybridized carbons (Fsp3) is 0.529. The second kappa shape index (κ2) is 7.82. The van der Waals surface area contributed by atoms with Crippen LogP contribution in [0.2, 0.25) is 0 Å². The first-order valence-corrected chi connectivity index (χ1v) is 8.00. The minimum atomic E-state index is -0.0263. The Hall–Kier alpha value is -2.04. The van der Waals surface area contributed by atoms with Crippen molar-refractivity contribution in [3.05, 3.63) is 35.4 Å². The van der Waals surface area contributed by atoms with Gasteiger partial charge in [-0.2, -0.15) is 0 Å². The zero-order valence-corrected chi connectivity index (χ0v) is 13.4. The van der Waals surface area contributed by atoms with Crippen molar-refractivity contribution in [3.8, 4) is 0 Å². The van der Waals surface area contributed by atoms with E-state index in [0.717, 1.165) is 31.4 Å². The van der Waals surface area contributed by atoms with Gasteiger partial charge >= 0.3 is 6.03 Å². The van der Waals surface area contributed by atoms with E-state index in [4.69, 9.17) is 0 Å². The molecule has 0 spiro atoms. The van der Waals surface area contributed by atoms with Gasteiger partial charge in [0.05, 0.1) is 0 Å². The molecule has 0 aromatic heterocycles. The largest absolute Gasteiger partial charge is 0.352 e. The summed E-state index contributed by atoms with van der Waals surface area (Å²) in [6, 6.07) is 7.75. The number of nitrogens with zero attached hydrogens (tertiary/aromatic N) is 1. The smallest absolute Gasteiger partial charge is 0.317 e. The number of carbonyl (C=O) groups is 2. The third kappa shape index (κ3) is 4.00. The van der Waals surface area contributed by atoms with Gasteiger partial charge in [-0.05, 0) is 37.0 Å². The maximum absolute atomic E-state index is 12.1. The second-order valence-corrected chi connectivity index (χ2v) is 5.72. The molecule has 1 fully saturated rings. The highest BCUT2D eigenvalue weighted by Gasteiger charge is 2.24. The van der Waals surface area contributed by atoms with Crippen LogP contribution in [0.4, 0.5) is 4.79 Å². The fourth-order valence-corrected chi connectivity index (χ4v) is 2.87. The fourth-order valence-electron chi connectivity index (χ4n) is 2.87. The molecule has 3 amide bonds. The first-order valence-electron chi connectivity index (χ1n) is 8.00. The molecule has 1 aromatic carbocycles. The normalized spacial score (nSPS) is 17.9. The van der Waals surface area contributed by atoms with Gasteiger partial charge in [-0.25, -0.2) is 4.79 Å². The minimum absolute atomic E-state index is 0.0253. The number of amides is 3. The van der Waals surface area contributed by atoms with Gasteiger partial charge in [0.1, 0.15) is 0 Å². The predicted molar refractivity (Wildman–Crippen MR) is 87.1 cm³/mol. The first-order chi connectivity index (χ1) is 10.7. The molecule has 1 heterocycles. The Labute approximate surface area is 132 Å². The van der Waals surface area contributed by atoms with Crippen LogP contribution in [0.15, 0.2) is 24.3 Å². The molecule has 1 atom stereocenters. The molecule has 1 aromatic rings. The molecule has 5 nitrogen and oxygen atoms in total. The van der Waals surface area contributed by atoms with Crippen molar-refractivity contribution in [1.82, 2.24) is 15.5 Å². The van der Waals surface area contributed by atoms with Crippen LogP contribution in [-0.2, 0) is 0 Å². The Kier molecular flexibility index (Phi) is 5.81. The molecule has 120 valence electrons. The number of benzene rings is 1. The Morgan fingerprint density at radius 3 is 2.91 bits per heavy atom. The molecule has 1 aliphatic heterocycles. The molecule has 1 saturated heterocycles. The van der Waals surface area contributed by atoms with Crippen LogP contribution in [0.3, 0.4) is 0 Å². The van der Waals surface area contributed by atoms with E-state index in [-0.39, 0.29) is 11.9 Å². The van der Waals surface area contributed by atoms with E-state index in [1.165, 1.54) is 0 Å². The zero-order chi connectivity index (χ0) is 15.9. The maximum Gasteiger partial charge on any atom is 0.317 e. The predicted octanol–water partition coefficient (Wildman–Crippen LogP) is 2.35. The maximum atomic E-state index is 12.1. The molecule has 22 heavy (non-hydrogen) atoms. The molecule has 0 saturated carbocycles. The minimum Gasteiger partial charge on any atom is -0.352 e. The van der Waals surface area contributed by atoms with Crippen molar-refractivity contribution in [3.63, 3.8) is 0 Å². The van der Waals surface area contributed by atoms with Crippen LogP contribution >= 0.6 is 0 Å². The van der Waals surface area contributed by atoms with Crippen LogP contribution in [0.5, 0.6) is 0 Å². The van der Waals surface area contributed by atoms with Crippen molar-refractivity contribution in [1.29, 1.82) is 0 Å². The summed E-state index contributed by atoms with van der Waals surface area (Å²) >= 11 is 0. The highest BCUT2D eigenvalue weighted by molar-refractivity contribution is 5.94. The Balaban J connectivity index is 2.08. The van der Waals surface area contributed by atoms with Crippen LogP contribution in [0, 0.1) is 0 Å². The van der Waals surface area contributed by atoms with Crippen LogP contribution in [0.25, 0.3) is 0 Å². The quantitative estimate of drug-likeness (QED) is 0.897. The number of nitrogens with one attached hydrogen (secondary N) is 2. The molecule has 0 radical (unpaired) electrons. The van der Waals surface area contributed by atoms with Crippen molar-refractivity contribution in [2.45, 2.75) is 32.1 Å². The van der Waals surface area contributed by atoms with Crippen molar-refractivity contribution < 1.29 is 9.59 Å². The summed E-state index contributed by atoms with van der Waals surface area (Å²) in [5.74, 6) is 0.271. The van der Waals surface area contributed by atoms with Crippen molar-refractivity contribution in [2.24, 2.45) is 0 Å². The van der Waals surface area contributed by atoms with E-state index in [1.807, 2.05) is 30.0 Å². The number of hydrogen-bond donors (Lipinski definition) is 2. The van der Waals surface area contributed by atoms with Gasteiger partial charge in [0.2, 0.25) is 0 Å². The molecule has 0 unspecified atom stereocenters. The van der Waals surface area contributed by atoms with E-state index in [9.17, 15) is 9.59 Å². The summed E-state index contributed by atoms with van der Waals surface area (Å²) in [5.41, 5.74) is 1.83. The Morgan fingerprint density at radius 2 is 2.18 bits per heavy atom. The summed E-state index contributed by atoms with van der Waals surface area (Å²) in [5, 5.41) is 5.58. The van der Waals surface area contributed by atoms with Gasteiger partial charge in [0, 0.05) is 38.2 Å². The van der Waals surface area contributed by atoms with E-state index in [2.05, 4.69) is 16.7 Å². The lowest BCUT2D eigenvalue weighted by molar-refractivity contribution is 0.0953. The lowest BCUT2D eigenvalue weighted by Gasteiger charge is -2.32. The van der Waals surface area contributed by atoms with Crippen LogP contribution in [0.1, 0.15) is 48.0 Å². The van der Waals surface area contributed by atoms with Gasteiger partial charge in [0.25, 0.3) is 5.91 Å². The highest BCUT2D eigenvalue weighted by Crippen LogP contribution is 2.27. The van der Waals surface area contributed by atoms with Crippen LogP contribution < -0.4 is 10.6 Å². The number of rotatable bonds is 4. The van der Waals surface area contributed by atoms with Gasteiger partial charge < -0.3 is 15.5 Å². The van der Waals surface area contributed by atoms with Gasteiger partial charge in [-0.15, -0.1) is 0 Å². The van der Waals surface area contributed by atoms with Gasteiger partial charge in [-0.3, -0.25) is 4.79 Å². The number of hydrogen-bond acceptors (Lipinski definition) is 2. The molecular formula is C17H25N3O2. The average Bonchev–Trinajstić information content (AvgIpc) is 2.59. The van der Waals surface area contributed by atoms with Crippen molar-refractivity contribution >= 4 is 11.9 Å². The van der Waals surface area contributed by atoms with E-state index in [0.29, 0.717) is 24.6 Å². The third-order valence-corrected chi connectivity index (χ3v) is 4.08. The van der Waals surface area contributed by atoms with Crippen molar-refractivity contribution in [2.75, 3.05) is 26.7 Å². The summed E-state index contributed by atoms with van der Waals surface area (Å²) in [6.07, 6.45) is 2.97. The molecule has 2 N–H and O–H groups in total. The topological polar surface area (TPSA) is 61.4 Å². The summed E-state index contributed by atoms with van der Waals surface area (Å²) in [6.45, 7) is 4.23. The number of carbonyl (C=O) groups excluding carboxylic acids is 2. The second-order valence-electron chi connectivity index (χ2n) is 5.72. The third-order valence-electron chi connectivity index (χ3n) is 4.08. The van der Waals surface area contributed by atoms with E-state index >= 15 is 0 Å². The summed E-state index contributed by atoms with van der Waals surface area (Å²) < 4.78 is 0. The lowest BCUT2D eigenvalue weighted by atomic mass is 9.89. The zero-order valence-electron chi connectivity index (χ0n) is 13.4. The summed E-state index contributed by atoms with van der Waals surface area (Å²) in [4.78, 5) is 25.7. The molecule has 0 aliphatic carbocycles. The molecule has 2 rings (SSSR count). The molecular weight excluding hydrogens is 278 g/mol.